The zero-order valence-corrected chi connectivity index (χ0v) is 9.30. The molecule has 0 amide bonds. The molecule has 0 bridgehead atoms. The Bertz CT molecular complexity index is 466. The molecule has 3 heteroatoms. The van der Waals surface area contributed by atoms with E-state index < -0.39 is 0 Å². The molecule has 16 heavy (non-hydrogen) atoms. The summed E-state index contributed by atoms with van der Waals surface area (Å²) in [6, 6.07) is 8.29. The van der Waals surface area contributed by atoms with Crippen molar-refractivity contribution in [3.05, 3.63) is 54.1 Å². The van der Waals surface area contributed by atoms with Crippen LogP contribution in [-0.4, -0.2) is 16.1 Å². The van der Waals surface area contributed by atoms with Crippen molar-refractivity contribution in [1.29, 1.82) is 0 Å². The van der Waals surface area contributed by atoms with Crippen molar-refractivity contribution in [3.63, 3.8) is 0 Å². The highest BCUT2D eigenvalue weighted by Crippen LogP contribution is 2.11. The summed E-state index contributed by atoms with van der Waals surface area (Å²) in [5, 5.41) is 0. The second-order valence-electron chi connectivity index (χ2n) is 3.76. The Hall–Kier alpha value is -1.87. The van der Waals surface area contributed by atoms with Crippen LogP contribution in [0.15, 0.2) is 48.6 Å². The van der Waals surface area contributed by atoms with Crippen molar-refractivity contribution in [1.82, 2.24) is 9.55 Å². The van der Waals surface area contributed by atoms with Gasteiger partial charge in [0.05, 0.1) is 6.33 Å². The second kappa shape index (κ2) is 4.77. The largest absolute Gasteiger partial charge is 0.327 e. The number of rotatable bonds is 3. The lowest BCUT2D eigenvalue weighted by Gasteiger charge is -2.02. The van der Waals surface area contributed by atoms with Crippen molar-refractivity contribution in [2.75, 3.05) is 6.54 Å². The summed E-state index contributed by atoms with van der Waals surface area (Å²) in [6.07, 6.45) is 7.58. The molecule has 0 aliphatic carbocycles. The van der Waals surface area contributed by atoms with E-state index >= 15 is 0 Å². The number of imidazole rings is 1. The average Bonchev–Trinajstić information content (AvgIpc) is 2.83. The molecule has 1 aromatic heterocycles. The molecule has 3 nitrogen and oxygen atoms in total. The molecule has 0 atom stereocenters. The van der Waals surface area contributed by atoms with E-state index in [-0.39, 0.29) is 0 Å². The Labute approximate surface area is 95.2 Å². The van der Waals surface area contributed by atoms with Crippen molar-refractivity contribution in [3.8, 4) is 5.69 Å². The van der Waals surface area contributed by atoms with Crippen LogP contribution in [0.2, 0.25) is 0 Å². The van der Waals surface area contributed by atoms with Crippen LogP contribution in [0.25, 0.3) is 11.8 Å². The smallest absolute Gasteiger partial charge is 0.0991 e. The first-order valence-electron chi connectivity index (χ1n) is 5.25. The van der Waals surface area contributed by atoms with Crippen molar-refractivity contribution < 1.29 is 0 Å². The summed E-state index contributed by atoms with van der Waals surface area (Å²) >= 11 is 0. The highest BCUT2D eigenvalue weighted by atomic mass is 15.0. The first kappa shape index (κ1) is 10.6. The lowest BCUT2D eigenvalue weighted by molar-refractivity contribution is 1.06. The van der Waals surface area contributed by atoms with Gasteiger partial charge in [-0.3, -0.25) is 0 Å². The van der Waals surface area contributed by atoms with E-state index in [9.17, 15) is 0 Å². The maximum Gasteiger partial charge on any atom is 0.0991 e. The van der Waals surface area contributed by atoms with Crippen molar-refractivity contribution in [2.24, 2.45) is 5.73 Å². The lowest BCUT2D eigenvalue weighted by atomic mass is 10.1. The minimum absolute atomic E-state index is 0.600. The van der Waals surface area contributed by atoms with E-state index in [1.54, 1.807) is 12.5 Å². The quantitative estimate of drug-likeness (QED) is 0.849. The van der Waals surface area contributed by atoms with Crippen LogP contribution in [0.4, 0.5) is 0 Å². The molecule has 0 aliphatic rings. The average molecular weight is 213 g/mol. The minimum atomic E-state index is 0.600. The van der Waals surface area contributed by atoms with E-state index in [1.165, 1.54) is 11.1 Å². The van der Waals surface area contributed by atoms with E-state index in [4.69, 9.17) is 5.73 Å². The first-order valence-corrected chi connectivity index (χ1v) is 5.25. The van der Waals surface area contributed by atoms with Crippen molar-refractivity contribution >= 4 is 6.08 Å². The summed E-state index contributed by atoms with van der Waals surface area (Å²) in [5.41, 5.74) is 9.01. The zero-order valence-electron chi connectivity index (χ0n) is 9.30. The zero-order chi connectivity index (χ0) is 11.4. The van der Waals surface area contributed by atoms with Crippen LogP contribution in [0.3, 0.4) is 0 Å². The summed E-state index contributed by atoms with van der Waals surface area (Å²) in [5.74, 6) is 0. The maximum atomic E-state index is 5.55. The molecule has 0 saturated carbocycles. The molecule has 82 valence electrons. The monoisotopic (exact) mass is 213 g/mol. The molecule has 0 spiro atoms. The number of hydrogen-bond acceptors (Lipinski definition) is 2. The normalized spacial score (nSPS) is 11.8. The fourth-order valence-corrected chi connectivity index (χ4v) is 1.50. The van der Waals surface area contributed by atoms with Gasteiger partial charge in [0.25, 0.3) is 0 Å². The van der Waals surface area contributed by atoms with Gasteiger partial charge in [-0.1, -0.05) is 23.8 Å². The highest BCUT2D eigenvalue weighted by molar-refractivity contribution is 5.54. The molecule has 0 aliphatic heterocycles. The third kappa shape index (κ3) is 2.38. The predicted molar refractivity (Wildman–Crippen MR) is 66.3 cm³/mol. The van der Waals surface area contributed by atoms with E-state index in [0.29, 0.717) is 6.54 Å². The fraction of sp³-hybridized carbons (Fsp3) is 0.154. The van der Waals surface area contributed by atoms with E-state index in [1.807, 2.05) is 17.7 Å². The Morgan fingerprint density at radius 2 is 2.12 bits per heavy atom. The molecule has 0 fully saturated rings. The van der Waals surface area contributed by atoms with Crippen LogP contribution >= 0.6 is 0 Å². The van der Waals surface area contributed by atoms with Crippen LogP contribution in [0.5, 0.6) is 0 Å². The van der Waals surface area contributed by atoms with Crippen LogP contribution in [0.1, 0.15) is 12.5 Å². The Balaban J connectivity index is 2.23. The topological polar surface area (TPSA) is 43.8 Å². The molecule has 2 aromatic rings. The molecule has 0 radical (unpaired) electrons. The van der Waals surface area contributed by atoms with Gasteiger partial charge in [-0.25, -0.2) is 4.98 Å². The van der Waals surface area contributed by atoms with Crippen molar-refractivity contribution in [2.45, 2.75) is 6.92 Å². The van der Waals surface area contributed by atoms with Crippen LogP contribution < -0.4 is 5.73 Å². The standard InChI is InChI=1S/C13H15N3/c1-11(9-14)8-12-2-4-13(5-3-12)16-7-6-15-10-16/h2-8,10H,9,14H2,1H3. The Morgan fingerprint density at radius 3 is 2.69 bits per heavy atom. The van der Waals surface area contributed by atoms with Gasteiger partial charge >= 0.3 is 0 Å². The third-order valence-corrected chi connectivity index (χ3v) is 2.43. The second-order valence-corrected chi connectivity index (χ2v) is 3.76. The molecule has 1 heterocycles. The molecule has 1 aromatic carbocycles. The predicted octanol–water partition coefficient (Wildman–Crippen LogP) is 2.23. The summed E-state index contributed by atoms with van der Waals surface area (Å²) < 4.78 is 1.98. The van der Waals surface area contributed by atoms with Gasteiger partial charge in [-0.2, -0.15) is 0 Å². The van der Waals surface area contributed by atoms with E-state index in [0.717, 1.165) is 5.69 Å². The number of nitrogens with two attached hydrogens (primary N) is 1. The lowest BCUT2D eigenvalue weighted by Crippen LogP contribution is -1.99. The Kier molecular flexibility index (Phi) is 3.17. The molecule has 2 N–H and O–H groups in total. The van der Waals surface area contributed by atoms with Gasteiger partial charge in [0, 0.05) is 24.6 Å². The summed E-state index contributed by atoms with van der Waals surface area (Å²) in [4.78, 5) is 4.02. The van der Waals surface area contributed by atoms with Gasteiger partial charge in [0.1, 0.15) is 0 Å². The number of nitrogens with zero attached hydrogens (tertiary/aromatic N) is 2. The Morgan fingerprint density at radius 1 is 1.38 bits per heavy atom. The van der Waals surface area contributed by atoms with Crippen LogP contribution in [0, 0.1) is 0 Å². The number of aromatic nitrogens is 2. The van der Waals surface area contributed by atoms with Gasteiger partial charge in [-0.15, -0.1) is 0 Å². The number of hydrogen-bond donors (Lipinski definition) is 1. The fourth-order valence-electron chi connectivity index (χ4n) is 1.50. The molecule has 2 rings (SSSR count). The number of benzene rings is 1. The molecule has 0 saturated heterocycles. The molecular formula is C13H15N3. The highest BCUT2D eigenvalue weighted by Gasteiger charge is 1.95. The van der Waals surface area contributed by atoms with Crippen LogP contribution in [-0.2, 0) is 0 Å². The van der Waals surface area contributed by atoms with Gasteiger partial charge in [0.15, 0.2) is 0 Å². The first-order chi connectivity index (χ1) is 7.79. The summed E-state index contributed by atoms with van der Waals surface area (Å²) in [7, 11) is 0. The summed E-state index contributed by atoms with van der Waals surface area (Å²) in [6.45, 7) is 2.63. The van der Waals surface area contributed by atoms with Gasteiger partial charge in [-0.05, 0) is 24.6 Å². The van der Waals surface area contributed by atoms with E-state index in [2.05, 4.69) is 35.3 Å². The van der Waals surface area contributed by atoms with Gasteiger partial charge < -0.3 is 10.3 Å². The molecular weight excluding hydrogens is 198 g/mol. The molecule has 0 unspecified atom stereocenters. The van der Waals surface area contributed by atoms with Gasteiger partial charge in [0.2, 0.25) is 0 Å². The third-order valence-electron chi connectivity index (χ3n) is 2.43. The maximum absolute atomic E-state index is 5.55. The SMILES string of the molecule is CC(=Cc1ccc(-n2ccnc2)cc1)CN. The minimum Gasteiger partial charge on any atom is -0.327 e.